The van der Waals surface area contributed by atoms with Crippen molar-refractivity contribution in [3.05, 3.63) is 30.1 Å². The molecule has 1 aromatic carbocycles. The lowest BCUT2D eigenvalue weighted by Gasteiger charge is -2.27. The third-order valence-electron chi connectivity index (χ3n) is 3.57. The number of ether oxygens (including phenoxy) is 1. The third kappa shape index (κ3) is 3.87. The Hall–Kier alpha value is -2.31. The Kier molecular flexibility index (Phi) is 4.54. The molecule has 1 fully saturated rings. The first-order valence-corrected chi connectivity index (χ1v) is 7.08. The molecule has 2 rings (SSSR count). The fourth-order valence-corrected chi connectivity index (χ4v) is 2.28. The minimum absolute atomic E-state index is 0.143. The van der Waals surface area contributed by atoms with Gasteiger partial charge >= 0.3 is 6.03 Å². The van der Waals surface area contributed by atoms with Crippen LogP contribution in [-0.2, 0) is 4.79 Å². The highest BCUT2D eigenvalue weighted by atomic mass is 19.1. The van der Waals surface area contributed by atoms with Crippen LogP contribution in [0.5, 0.6) is 5.75 Å². The number of primary amides is 1. The number of rotatable bonds is 4. The van der Waals surface area contributed by atoms with E-state index in [0.29, 0.717) is 25.3 Å². The van der Waals surface area contributed by atoms with E-state index >= 15 is 0 Å². The fourth-order valence-electron chi connectivity index (χ4n) is 2.28. The van der Waals surface area contributed by atoms with Crippen molar-refractivity contribution in [1.29, 1.82) is 0 Å². The smallest absolute Gasteiger partial charge is 0.314 e. The van der Waals surface area contributed by atoms with Gasteiger partial charge in [0.15, 0.2) is 5.60 Å². The van der Waals surface area contributed by atoms with Crippen molar-refractivity contribution in [3.8, 4) is 5.75 Å². The number of carbonyl (C=O) groups excluding carboxylic acids is 2. The molecular weight excluding hydrogens is 289 g/mol. The van der Waals surface area contributed by atoms with Gasteiger partial charge in [0.05, 0.1) is 0 Å². The van der Waals surface area contributed by atoms with Crippen LogP contribution in [0.4, 0.5) is 9.18 Å². The highest BCUT2D eigenvalue weighted by Gasteiger charge is 2.34. The molecule has 1 saturated heterocycles. The Morgan fingerprint density at radius 2 is 2.00 bits per heavy atom. The molecule has 0 saturated carbocycles. The van der Waals surface area contributed by atoms with Gasteiger partial charge < -0.3 is 20.7 Å². The van der Waals surface area contributed by atoms with E-state index in [0.717, 1.165) is 0 Å². The quantitative estimate of drug-likeness (QED) is 0.878. The predicted octanol–water partition coefficient (Wildman–Crippen LogP) is 1.25. The van der Waals surface area contributed by atoms with E-state index in [-0.39, 0.29) is 17.8 Å². The molecule has 1 aromatic rings. The normalized spacial score (nSPS) is 18.1. The molecule has 22 heavy (non-hydrogen) atoms. The van der Waals surface area contributed by atoms with E-state index in [4.69, 9.17) is 10.5 Å². The van der Waals surface area contributed by atoms with Crippen LogP contribution in [0.1, 0.15) is 20.3 Å². The lowest BCUT2D eigenvalue weighted by atomic mass is 10.1. The number of hydrogen-bond donors (Lipinski definition) is 2. The van der Waals surface area contributed by atoms with Crippen LogP contribution < -0.4 is 15.8 Å². The third-order valence-corrected chi connectivity index (χ3v) is 3.57. The molecule has 0 aromatic heterocycles. The number of carbonyl (C=O) groups is 2. The molecular formula is C15H20FN3O3. The molecule has 0 radical (unpaired) electrons. The summed E-state index contributed by atoms with van der Waals surface area (Å²) in [6.45, 7) is 4.19. The topological polar surface area (TPSA) is 84.7 Å². The molecule has 0 bridgehead atoms. The summed E-state index contributed by atoms with van der Waals surface area (Å²) in [6, 6.07) is 4.84. The molecule has 0 aliphatic carbocycles. The lowest BCUT2D eigenvalue weighted by Crippen LogP contribution is -2.51. The maximum atomic E-state index is 12.9. The number of amides is 3. The maximum Gasteiger partial charge on any atom is 0.314 e. The minimum Gasteiger partial charge on any atom is -0.478 e. The van der Waals surface area contributed by atoms with Gasteiger partial charge in [0.2, 0.25) is 0 Å². The predicted molar refractivity (Wildman–Crippen MR) is 78.8 cm³/mol. The van der Waals surface area contributed by atoms with Crippen molar-refractivity contribution in [2.75, 3.05) is 13.1 Å². The molecule has 1 unspecified atom stereocenters. The van der Waals surface area contributed by atoms with Crippen LogP contribution in [0.3, 0.4) is 0 Å². The zero-order valence-corrected chi connectivity index (χ0v) is 12.6. The van der Waals surface area contributed by atoms with E-state index < -0.39 is 11.6 Å². The summed E-state index contributed by atoms with van der Waals surface area (Å²) < 4.78 is 18.5. The molecule has 1 aliphatic heterocycles. The molecule has 1 heterocycles. The van der Waals surface area contributed by atoms with Gasteiger partial charge in [-0.05, 0) is 44.5 Å². The van der Waals surface area contributed by atoms with Crippen LogP contribution in [0.25, 0.3) is 0 Å². The van der Waals surface area contributed by atoms with E-state index in [1.165, 1.54) is 29.2 Å². The van der Waals surface area contributed by atoms with Crippen molar-refractivity contribution < 1.29 is 18.7 Å². The van der Waals surface area contributed by atoms with Crippen molar-refractivity contribution >= 4 is 11.9 Å². The minimum atomic E-state index is -1.11. The number of likely N-dealkylation sites (tertiary alicyclic amines) is 1. The fraction of sp³-hybridized carbons (Fsp3) is 0.467. The Morgan fingerprint density at radius 3 is 2.55 bits per heavy atom. The first-order chi connectivity index (χ1) is 10.3. The molecule has 6 nitrogen and oxygen atoms in total. The first-order valence-electron chi connectivity index (χ1n) is 7.08. The summed E-state index contributed by atoms with van der Waals surface area (Å²) in [5.74, 6) is -0.257. The zero-order valence-electron chi connectivity index (χ0n) is 12.6. The van der Waals surface area contributed by atoms with Gasteiger partial charge in [-0.2, -0.15) is 0 Å². The average Bonchev–Trinajstić information content (AvgIpc) is 2.90. The zero-order chi connectivity index (χ0) is 16.3. The number of nitrogens with zero attached hydrogens (tertiary/aromatic N) is 1. The maximum absolute atomic E-state index is 12.9. The van der Waals surface area contributed by atoms with Crippen LogP contribution in [0.15, 0.2) is 24.3 Å². The summed E-state index contributed by atoms with van der Waals surface area (Å²) in [4.78, 5) is 24.9. The van der Waals surface area contributed by atoms with Gasteiger partial charge in [0.25, 0.3) is 5.91 Å². The number of urea groups is 1. The Bertz CT molecular complexity index is 560. The van der Waals surface area contributed by atoms with Crippen LogP contribution in [0, 0.1) is 5.82 Å². The summed E-state index contributed by atoms with van der Waals surface area (Å²) in [5, 5.41) is 2.85. The van der Waals surface area contributed by atoms with Gasteiger partial charge in [-0.25, -0.2) is 9.18 Å². The summed E-state index contributed by atoms with van der Waals surface area (Å²) >= 11 is 0. The van der Waals surface area contributed by atoms with Gasteiger partial charge in [-0.1, -0.05) is 0 Å². The standard InChI is InChI=1S/C15H20FN3O3/c1-15(2,22-12-5-3-10(16)4-6-12)13(20)18-11-7-8-19(9-11)14(17)21/h3-6,11H,7-9H2,1-2H3,(H2,17,21)(H,18,20). The molecule has 0 spiro atoms. The number of benzene rings is 1. The van der Waals surface area contributed by atoms with E-state index in [1.807, 2.05) is 0 Å². The highest BCUT2D eigenvalue weighted by molar-refractivity contribution is 5.85. The second-order valence-electron chi connectivity index (χ2n) is 5.81. The van der Waals surface area contributed by atoms with Crippen LogP contribution >= 0.6 is 0 Å². The number of nitrogens with two attached hydrogens (primary N) is 1. The number of halogens is 1. The molecule has 1 aliphatic rings. The van der Waals surface area contributed by atoms with Gasteiger partial charge in [0, 0.05) is 19.1 Å². The number of nitrogens with one attached hydrogen (secondary N) is 1. The van der Waals surface area contributed by atoms with Gasteiger partial charge in [-0.3, -0.25) is 4.79 Å². The summed E-state index contributed by atoms with van der Waals surface area (Å²) in [6.07, 6.45) is 0.654. The molecule has 120 valence electrons. The van der Waals surface area contributed by atoms with Crippen molar-refractivity contribution in [2.24, 2.45) is 5.73 Å². The second-order valence-corrected chi connectivity index (χ2v) is 5.81. The summed E-state index contributed by atoms with van der Waals surface area (Å²) in [7, 11) is 0. The largest absolute Gasteiger partial charge is 0.478 e. The molecule has 3 amide bonds. The van der Waals surface area contributed by atoms with E-state index in [1.54, 1.807) is 13.8 Å². The Labute approximate surface area is 128 Å². The Morgan fingerprint density at radius 1 is 1.36 bits per heavy atom. The van der Waals surface area contributed by atoms with Crippen LogP contribution in [0.2, 0.25) is 0 Å². The van der Waals surface area contributed by atoms with Crippen molar-refractivity contribution in [1.82, 2.24) is 10.2 Å². The van der Waals surface area contributed by atoms with Crippen LogP contribution in [-0.4, -0.2) is 41.6 Å². The second kappa shape index (κ2) is 6.21. The first kappa shape index (κ1) is 16.1. The molecule has 7 heteroatoms. The van der Waals surface area contributed by atoms with E-state index in [9.17, 15) is 14.0 Å². The van der Waals surface area contributed by atoms with E-state index in [2.05, 4.69) is 5.32 Å². The molecule has 1 atom stereocenters. The van der Waals surface area contributed by atoms with Gasteiger partial charge in [0.1, 0.15) is 11.6 Å². The van der Waals surface area contributed by atoms with Crippen molar-refractivity contribution in [2.45, 2.75) is 31.9 Å². The SMILES string of the molecule is CC(C)(Oc1ccc(F)cc1)C(=O)NC1CCN(C(N)=O)C1. The lowest BCUT2D eigenvalue weighted by molar-refractivity contribution is -0.134. The average molecular weight is 309 g/mol. The Balaban J connectivity index is 1.93. The number of hydrogen-bond acceptors (Lipinski definition) is 3. The summed E-state index contributed by atoms with van der Waals surface area (Å²) in [5.41, 5.74) is 4.10. The molecule has 3 N–H and O–H groups in total. The van der Waals surface area contributed by atoms with Crippen molar-refractivity contribution in [3.63, 3.8) is 0 Å². The van der Waals surface area contributed by atoms with Gasteiger partial charge in [-0.15, -0.1) is 0 Å². The highest BCUT2D eigenvalue weighted by Crippen LogP contribution is 2.19. The monoisotopic (exact) mass is 309 g/mol.